The van der Waals surface area contributed by atoms with Gasteiger partial charge in [-0.3, -0.25) is 0 Å². The minimum Gasteiger partial charge on any atom is -0.451 e. The van der Waals surface area contributed by atoms with Gasteiger partial charge in [0.25, 0.3) is 0 Å². The van der Waals surface area contributed by atoms with Crippen LogP contribution in [-0.4, -0.2) is 24.1 Å². The lowest BCUT2D eigenvalue weighted by Gasteiger charge is -2.08. The molecule has 0 saturated carbocycles. The fourth-order valence-electron chi connectivity index (χ4n) is 7.69. The van der Waals surface area contributed by atoms with Gasteiger partial charge in [-0.25, -0.2) is 15.0 Å². The molecule has 0 aliphatic rings. The summed E-state index contributed by atoms with van der Waals surface area (Å²) < 4.78 is 10.8. The number of hydrogen-bond donors (Lipinski definition) is 0. The van der Waals surface area contributed by atoms with Crippen molar-refractivity contribution in [1.29, 1.82) is 0 Å². The van der Waals surface area contributed by atoms with E-state index in [2.05, 4.69) is 149 Å². The number of nitrogens with zero attached hydrogens (tertiary/aromatic N) is 5. The first-order chi connectivity index (χ1) is 25.3. The third kappa shape index (κ3) is 4.20. The number of para-hydroxylation sites is 4. The highest BCUT2D eigenvalue weighted by atomic mass is 16.3. The molecule has 6 aromatic carbocycles. The molecule has 0 amide bonds. The molecule has 238 valence electrons. The lowest BCUT2D eigenvalue weighted by molar-refractivity contribution is 0.665. The van der Waals surface area contributed by atoms with E-state index in [-0.39, 0.29) is 0 Å². The van der Waals surface area contributed by atoms with E-state index in [9.17, 15) is 0 Å². The van der Waals surface area contributed by atoms with Gasteiger partial charge >= 0.3 is 0 Å². The predicted octanol–water partition coefficient (Wildman–Crippen LogP) is 11.3. The van der Waals surface area contributed by atoms with E-state index in [0.29, 0.717) is 22.5 Å². The summed E-state index contributed by atoms with van der Waals surface area (Å²) in [5, 5.41) is 4.72. The molecule has 5 aromatic heterocycles. The molecular formula is C45H27N5O. The Morgan fingerprint density at radius 3 is 1.59 bits per heavy atom. The number of pyridine rings is 1. The molecule has 0 radical (unpaired) electrons. The Morgan fingerprint density at radius 2 is 0.941 bits per heavy atom. The number of aromatic nitrogens is 5. The highest BCUT2D eigenvalue weighted by Gasteiger charge is 2.18. The van der Waals surface area contributed by atoms with E-state index in [1.165, 1.54) is 21.7 Å². The smallest absolute Gasteiger partial charge is 0.173 e. The third-order valence-corrected chi connectivity index (χ3v) is 9.99. The van der Waals surface area contributed by atoms with Crippen molar-refractivity contribution in [2.45, 2.75) is 0 Å². The summed E-state index contributed by atoms with van der Waals surface area (Å²) in [4.78, 5) is 15.0. The zero-order valence-corrected chi connectivity index (χ0v) is 27.2. The van der Waals surface area contributed by atoms with Crippen LogP contribution < -0.4 is 0 Å². The van der Waals surface area contributed by atoms with E-state index in [1.54, 1.807) is 6.20 Å². The number of hydrogen-bond acceptors (Lipinski definition) is 4. The van der Waals surface area contributed by atoms with Gasteiger partial charge in [-0.1, -0.05) is 78.9 Å². The molecule has 0 aliphatic heterocycles. The normalized spacial score (nSPS) is 11.9. The summed E-state index contributed by atoms with van der Waals surface area (Å²) in [5.74, 6) is 0.631. The molecule has 0 saturated heterocycles. The fraction of sp³-hybridized carbons (Fsp3) is 0. The molecule has 0 spiro atoms. The van der Waals surface area contributed by atoms with Gasteiger partial charge in [-0.2, -0.15) is 0 Å². The van der Waals surface area contributed by atoms with Crippen LogP contribution in [-0.2, 0) is 0 Å². The van der Waals surface area contributed by atoms with E-state index >= 15 is 0 Å². The van der Waals surface area contributed by atoms with Crippen LogP contribution in [0.3, 0.4) is 0 Å². The Morgan fingerprint density at radius 1 is 0.412 bits per heavy atom. The van der Waals surface area contributed by atoms with Crippen LogP contribution in [0.4, 0.5) is 0 Å². The van der Waals surface area contributed by atoms with Crippen LogP contribution in [0.5, 0.6) is 0 Å². The summed E-state index contributed by atoms with van der Waals surface area (Å²) in [7, 11) is 0. The highest BCUT2D eigenvalue weighted by molar-refractivity contribution is 6.12. The molecule has 11 rings (SSSR count). The van der Waals surface area contributed by atoms with Gasteiger partial charge in [-0.05, 0) is 78.9 Å². The first-order valence-corrected chi connectivity index (χ1v) is 17.0. The van der Waals surface area contributed by atoms with Gasteiger partial charge in [0.2, 0.25) is 0 Å². The highest BCUT2D eigenvalue weighted by Crippen LogP contribution is 2.37. The standard InChI is InChI=1S/C45H27N5O/c1-3-11-30(12-4-1)49-37-17-9-7-15-32(37)34-25-28(19-22-39(34)49)36-21-24-41-43(47-36)44-42(51-41)27-46-45(48-44)29-20-23-40-35(26-29)33-16-8-10-18-38(33)50(40)31-13-5-2-6-14-31/h1-27H. The maximum Gasteiger partial charge on any atom is 0.173 e. The summed E-state index contributed by atoms with van der Waals surface area (Å²) >= 11 is 0. The maximum absolute atomic E-state index is 6.20. The van der Waals surface area contributed by atoms with Crippen molar-refractivity contribution < 1.29 is 4.42 Å². The van der Waals surface area contributed by atoms with Crippen molar-refractivity contribution in [3.63, 3.8) is 0 Å². The first-order valence-electron chi connectivity index (χ1n) is 17.0. The molecule has 6 nitrogen and oxygen atoms in total. The molecule has 0 atom stereocenters. The van der Waals surface area contributed by atoms with E-state index in [0.717, 1.165) is 55.6 Å². The average molecular weight is 654 g/mol. The van der Waals surface area contributed by atoms with E-state index in [1.807, 2.05) is 18.2 Å². The Kier molecular flexibility index (Phi) is 5.86. The molecule has 5 heterocycles. The average Bonchev–Trinajstić information content (AvgIpc) is 3.85. The zero-order valence-electron chi connectivity index (χ0n) is 27.2. The van der Waals surface area contributed by atoms with Crippen molar-refractivity contribution >= 4 is 65.8 Å². The second-order valence-corrected chi connectivity index (χ2v) is 12.9. The van der Waals surface area contributed by atoms with Crippen LogP contribution in [0.25, 0.3) is 99.8 Å². The lowest BCUT2D eigenvalue weighted by Crippen LogP contribution is -1.93. The SMILES string of the molecule is c1ccc(-n2c3ccccc3c3cc(-c4ccc5oc6cnc(-c7ccc8c(c7)c7ccccc7n8-c7ccccc7)nc6c5n4)ccc32)cc1. The monoisotopic (exact) mass is 653 g/mol. The second kappa shape index (κ2) is 10.7. The van der Waals surface area contributed by atoms with Gasteiger partial charge < -0.3 is 13.6 Å². The molecule has 0 fully saturated rings. The molecule has 0 bridgehead atoms. The Hall–Kier alpha value is -7.05. The van der Waals surface area contributed by atoms with Gasteiger partial charge in [0.05, 0.1) is 34.0 Å². The zero-order chi connectivity index (χ0) is 33.5. The van der Waals surface area contributed by atoms with Crippen LogP contribution in [0.15, 0.2) is 168 Å². The topological polar surface area (TPSA) is 61.7 Å². The minimum atomic E-state index is 0.613. The lowest BCUT2D eigenvalue weighted by atomic mass is 10.1. The largest absolute Gasteiger partial charge is 0.451 e. The van der Waals surface area contributed by atoms with Crippen molar-refractivity contribution in [2.75, 3.05) is 0 Å². The second-order valence-electron chi connectivity index (χ2n) is 12.9. The summed E-state index contributed by atoms with van der Waals surface area (Å²) in [6, 6.07) is 55.1. The van der Waals surface area contributed by atoms with Crippen molar-refractivity contribution in [3.8, 4) is 34.0 Å². The number of benzene rings is 6. The quantitative estimate of drug-likeness (QED) is 0.190. The molecule has 0 unspecified atom stereocenters. The van der Waals surface area contributed by atoms with Crippen LogP contribution in [0.1, 0.15) is 0 Å². The van der Waals surface area contributed by atoms with Crippen molar-refractivity contribution in [2.24, 2.45) is 0 Å². The summed E-state index contributed by atoms with van der Waals surface area (Å²) in [6.45, 7) is 0. The predicted molar refractivity (Wildman–Crippen MR) is 207 cm³/mol. The van der Waals surface area contributed by atoms with Gasteiger partial charge in [0, 0.05) is 44.0 Å². The van der Waals surface area contributed by atoms with Gasteiger partial charge in [0.1, 0.15) is 11.0 Å². The minimum absolute atomic E-state index is 0.613. The summed E-state index contributed by atoms with van der Waals surface area (Å²) in [6.07, 6.45) is 1.76. The molecular weight excluding hydrogens is 627 g/mol. The van der Waals surface area contributed by atoms with E-state index in [4.69, 9.17) is 19.4 Å². The molecule has 0 aliphatic carbocycles. The maximum atomic E-state index is 6.20. The Balaban J connectivity index is 1.04. The van der Waals surface area contributed by atoms with Gasteiger partial charge in [0.15, 0.2) is 17.0 Å². The molecule has 51 heavy (non-hydrogen) atoms. The van der Waals surface area contributed by atoms with Crippen molar-refractivity contribution in [1.82, 2.24) is 24.1 Å². The first kappa shape index (κ1) is 27.9. The van der Waals surface area contributed by atoms with E-state index < -0.39 is 0 Å². The van der Waals surface area contributed by atoms with Crippen LogP contribution >= 0.6 is 0 Å². The number of rotatable bonds is 4. The third-order valence-electron chi connectivity index (χ3n) is 9.99. The fourth-order valence-corrected chi connectivity index (χ4v) is 7.69. The van der Waals surface area contributed by atoms with Crippen LogP contribution in [0, 0.1) is 0 Å². The molecule has 6 heteroatoms. The Bertz CT molecular complexity index is 2920. The number of fused-ring (bicyclic) bond motifs is 9. The molecule has 0 N–H and O–H groups in total. The molecule has 11 aromatic rings. The Labute approximate surface area is 291 Å². The van der Waals surface area contributed by atoms with Crippen molar-refractivity contribution in [3.05, 3.63) is 164 Å². The summed E-state index contributed by atoms with van der Waals surface area (Å²) in [5.41, 5.74) is 12.4. The van der Waals surface area contributed by atoms with Gasteiger partial charge in [-0.15, -0.1) is 0 Å². The number of furan rings is 1. The van der Waals surface area contributed by atoms with Crippen LogP contribution in [0.2, 0.25) is 0 Å².